The van der Waals surface area contributed by atoms with Crippen molar-refractivity contribution in [1.29, 1.82) is 0 Å². The lowest BCUT2D eigenvalue weighted by Crippen LogP contribution is -2.35. The Morgan fingerprint density at radius 1 is 1.17 bits per heavy atom. The van der Waals surface area contributed by atoms with Crippen LogP contribution in [0.1, 0.15) is 55.8 Å². The molecule has 3 heteroatoms. The van der Waals surface area contributed by atoms with Gasteiger partial charge in [0.15, 0.2) is 0 Å². The number of rotatable bonds is 2. The Labute approximate surface area is 107 Å². The minimum atomic E-state index is -1.05. The molecule has 1 unspecified atom stereocenters. The van der Waals surface area contributed by atoms with Gasteiger partial charge in [0.1, 0.15) is 11.9 Å². The van der Waals surface area contributed by atoms with Gasteiger partial charge in [-0.05, 0) is 37.0 Å². The molecule has 2 N–H and O–H groups in total. The van der Waals surface area contributed by atoms with Crippen LogP contribution in [0.3, 0.4) is 0 Å². The van der Waals surface area contributed by atoms with E-state index in [1.807, 2.05) is 0 Å². The molecule has 0 aliphatic heterocycles. The van der Waals surface area contributed by atoms with E-state index in [9.17, 15) is 14.6 Å². The van der Waals surface area contributed by atoms with Crippen LogP contribution < -0.4 is 0 Å². The smallest absolute Gasteiger partial charge is 0.126 e. The molecule has 1 aliphatic rings. The molecule has 1 aromatic rings. The molecule has 2 nitrogen and oxygen atoms in total. The summed E-state index contributed by atoms with van der Waals surface area (Å²) in [4.78, 5) is 0. The average molecular weight is 252 g/mol. The Morgan fingerprint density at radius 3 is 2.33 bits per heavy atom. The van der Waals surface area contributed by atoms with E-state index >= 15 is 0 Å². The second-order valence-electron chi connectivity index (χ2n) is 5.43. The SMILES string of the molecule is Cc1cc(C(O)C2(O)CCCCCC2)ccc1F. The highest BCUT2D eigenvalue weighted by atomic mass is 19.1. The predicted molar refractivity (Wildman–Crippen MR) is 68.7 cm³/mol. The summed E-state index contributed by atoms with van der Waals surface area (Å²) in [6, 6.07) is 4.55. The molecular formula is C15H21FO2. The van der Waals surface area contributed by atoms with Crippen molar-refractivity contribution in [2.75, 3.05) is 0 Å². The largest absolute Gasteiger partial charge is 0.387 e. The molecule has 1 aromatic carbocycles. The highest BCUT2D eigenvalue weighted by Gasteiger charge is 2.36. The number of hydrogen-bond acceptors (Lipinski definition) is 2. The standard InChI is InChI=1S/C15H21FO2/c1-11-10-12(6-7-13(11)16)14(17)15(18)8-4-2-3-5-9-15/h6-7,10,14,17-18H,2-5,8-9H2,1H3. The topological polar surface area (TPSA) is 40.5 Å². The van der Waals surface area contributed by atoms with Crippen molar-refractivity contribution in [1.82, 2.24) is 0 Å². The minimum absolute atomic E-state index is 0.279. The molecule has 18 heavy (non-hydrogen) atoms. The average Bonchev–Trinajstić information content (AvgIpc) is 2.58. The lowest BCUT2D eigenvalue weighted by Gasteiger charge is -2.32. The molecule has 0 aromatic heterocycles. The second kappa shape index (κ2) is 5.37. The number of hydrogen-bond donors (Lipinski definition) is 2. The van der Waals surface area contributed by atoms with Crippen LogP contribution in [-0.4, -0.2) is 15.8 Å². The number of benzene rings is 1. The molecule has 1 fully saturated rings. The fourth-order valence-corrected chi connectivity index (χ4v) is 2.76. The summed E-state index contributed by atoms with van der Waals surface area (Å²) in [5.74, 6) is -0.279. The summed E-state index contributed by atoms with van der Waals surface area (Å²) in [6.07, 6.45) is 4.40. The summed E-state index contributed by atoms with van der Waals surface area (Å²) in [7, 11) is 0. The summed E-state index contributed by atoms with van der Waals surface area (Å²) >= 11 is 0. The third-order valence-electron chi connectivity index (χ3n) is 3.98. The molecule has 100 valence electrons. The monoisotopic (exact) mass is 252 g/mol. The van der Waals surface area contributed by atoms with Gasteiger partial charge in [0, 0.05) is 0 Å². The van der Waals surface area contributed by atoms with Gasteiger partial charge in [0.05, 0.1) is 5.60 Å². The fourth-order valence-electron chi connectivity index (χ4n) is 2.76. The van der Waals surface area contributed by atoms with Gasteiger partial charge in [-0.3, -0.25) is 0 Å². The van der Waals surface area contributed by atoms with E-state index in [1.165, 1.54) is 6.07 Å². The van der Waals surface area contributed by atoms with Crippen LogP contribution in [0.2, 0.25) is 0 Å². The van der Waals surface area contributed by atoms with Gasteiger partial charge in [-0.25, -0.2) is 4.39 Å². The fraction of sp³-hybridized carbons (Fsp3) is 0.600. The molecule has 0 heterocycles. The molecule has 2 rings (SSSR count). The van der Waals surface area contributed by atoms with Crippen molar-refractivity contribution in [2.24, 2.45) is 0 Å². The Kier molecular flexibility index (Phi) is 4.03. The van der Waals surface area contributed by atoms with Crippen molar-refractivity contribution in [3.05, 3.63) is 35.1 Å². The second-order valence-corrected chi connectivity index (χ2v) is 5.43. The molecule has 0 bridgehead atoms. The molecule has 1 aliphatic carbocycles. The summed E-state index contributed by atoms with van der Waals surface area (Å²) in [6.45, 7) is 1.67. The number of aryl methyl sites for hydroxylation is 1. The first-order valence-electron chi connectivity index (χ1n) is 6.69. The van der Waals surface area contributed by atoms with Crippen molar-refractivity contribution in [2.45, 2.75) is 57.2 Å². The van der Waals surface area contributed by atoms with Crippen molar-refractivity contribution in [3.63, 3.8) is 0 Å². The van der Waals surface area contributed by atoms with Crippen LogP contribution >= 0.6 is 0 Å². The van der Waals surface area contributed by atoms with E-state index < -0.39 is 11.7 Å². The zero-order chi connectivity index (χ0) is 13.2. The van der Waals surface area contributed by atoms with Gasteiger partial charge in [-0.2, -0.15) is 0 Å². The van der Waals surface area contributed by atoms with E-state index in [0.29, 0.717) is 24.0 Å². The molecule has 0 radical (unpaired) electrons. The number of aliphatic hydroxyl groups is 2. The van der Waals surface area contributed by atoms with Gasteiger partial charge in [-0.15, -0.1) is 0 Å². The van der Waals surface area contributed by atoms with Crippen LogP contribution in [0.15, 0.2) is 18.2 Å². The molecule has 0 spiro atoms. The molecule has 0 saturated heterocycles. The lowest BCUT2D eigenvalue weighted by molar-refractivity contribution is -0.0867. The number of halogens is 1. The normalized spacial score (nSPS) is 21.3. The molecule has 0 amide bonds. The Balaban J connectivity index is 2.22. The predicted octanol–water partition coefficient (Wildman–Crippen LogP) is 3.25. The van der Waals surface area contributed by atoms with Crippen molar-refractivity contribution >= 4 is 0 Å². The van der Waals surface area contributed by atoms with Gasteiger partial charge in [0.2, 0.25) is 0 Å². The Hall–Kier alpha value is -0.930. The van der Waals surface area contributed by atoms with Crippen LogP contribution in [0.25, 0.3) is 0 Å². The van der Waals surface area contributed by atoms with Crippen LogP contribution in [0, 0.1) is 12.7 Å². The van der Waals surface area contributed by atoms with Gasteiger partial charge in [-0.1, -0.05) is 37.8 Å². The molecule has 1 saturated carbocycles. The van der Waals surface area contributed by atoms with E-state index in [0.717, 1.165) is 25.7 Å². The first-order valence-corrected chi connectivity index (χ1v) is 6.69. The number of aliphatic hydroxyl groups excluding tert-OH is 1. The third kappa shape index (κ3) is 2.73. The highest BCUT2D eigenvalue weighted by Crippen LogP contribution is 2.37. The first kappa shape index (κ1) is 13.5. The van der Waals surface area contributed by atoms with Gasteiger partial charge >= 0.3 is 0 Å². The summed E-state index contributed by atoms with van der Waals surface area (Å²) in [5.41, 5.74) is 0.0582. The maximum atomic E-state index is 13.2. The van der Waals surface area contributed by atoms with Crippen LogP contribution in [0.5, 0.6) is 0 Å². The lowest BCUT2D eigenvalue weighted by atomic mass is 9.84. The van der Waals surface area contributed by atoms with Crippen molar-refractivity contribution < 1.29 is 14.6 Å². The highest BCUT2D eigenvalue weighted by molar-refractivity contribution is 5.27. The van der Waals surface area contributed by atoms with Gasteiger partial charge in [0.25, 0.3) is 0 Å². The van der Waals surface area contributed by atoms with E-state index in [-0.39, 0.29) is 5.82 Å². The van der Waals surface area contributed by atoms with E-state index in [2.05, 4.69) is 0 Å². The van der Waals surface area contributed by atoms with Crippen LogP contribution in [0.4, 0.5) is 4.39 Å². The summed E-state index contributed by atoms with van der Waals surface area (Å²) in [5, 5.41) is 21.0. The van der Waals surface area contributed by atoms with Crippen molar-refractivity contribution in [3.8, 4) is 0 Å². The minimum Gasteiger partial charge on any atom is -0.387 e. The van der Waals surface area contributed by atoms with Crippen LogP contribution in [-0.2, 0) is 0 Å². The molecule has 1 atom stereocenters. The van der Waals surface area contributed by atoms with E-state index in [4.69, 9.17) is 0 Å². The zero-order valence-corrected chi connectivity index (χ0v) is 10.8. The third-order valence-corrected chi connectivity index (χ3v) is 3.98. The quantitative estimate of drug-likeness (QED) is 0.793. The maximum absolute atomic E-state index is 13.2. The zero-order valence-electron chi connectivity index (χ0n) is 10.8. The van der Waals surface area contributed by atoms with Gasteiger partial charge < -0.3 is 10.2 Å². The van der Waals surface area contributed by atoms with E-state index in [1.54, 1.807) is 19.1 Å². The Morgan fingerprint density at radius 2 is 1.78 bits per heavy atom. The first-order chi connectivity index (χ1) is 8.53. The summed E-state index contributed by atoms with van der Waals surface area (Å²) < 4.78 is 13.2. The Bertz CT molecular complexity index is 409. The molecular weight excluding hydrogens is 231 g/mol. The maximum Gasteiger partial charge on any atom is 0.126 e.